The lowest BCUT2D eigenvalue weighted by Gasteiger charge is -2.10. The largest absolute Gasteiger partial charge is 0.496 e. The van der Waals surface area contributed by atoms with Gasteiger partial charge in [0.25, 0.3) is 0 Å². The van der Waals surface area contributed by atoms with Crippen LogP contribution in [0, 0.1) is 0 Å². The van der Waals surface area contributed by atoms with Crippen molar-refractivity contribution in [3.63, 3.8) is 0 Å². The third kappa shape index (κ3) is 1.62. The molecule has 4 nitrogen and oxygen atoms in total. The first kappa shape index (κ1) is 10.8. The Morgan fingerprint density at radius 3 is 2.78 bits per heavy atom. The summed E-state index contributed by atoms with van der Waals surface area (Å²) in [6.07, 6.45) is 3.56. The highest BCUT2D eigenvalue weighted by molar-refractivity contribution is 5.87. The second-order valence-electron chi connectivity index (χ2n) is 4.09. The van der Waals surface area contributed by atoms with Gasteiger partial charge in [0, 0.05) is 36.5 Å². The molecule has 0 saturated heterocycles. The van der Waals surface area contributed by atoms with Crippen LogP contribution in [0.5, 0.6) is 5.75 Å². The Kier molecular flexibility index (Phi) is 2.48. The fourth-order valence-corrected chi connectivity index (χ4v) is 2.11. The van der Waals surface area contributed by atoms with Crippen molar-refractivity contribution in [3.05, 3.63) is 42.7 Å². The normalized spacial score (nSPS) is 10.8. The summed E-state index contributed by atoms with van der Waals surface area (Å²) in [6.45, 7) is 0. The van der Waals surface area contributed by atoms with E-state index in [0.717, 1.165) is 27.9 Å². The number of methoxy groups -OCH3 is 1. The van der Waals surface area contributed by atoms with Crippen LogP contribution in [0.1, 0.15) is 0 Å². The molecule has 0 aliphatic rings. The van der Waals surface area contributed by atoms with Gasteiger partial charge in [-0.25, -0.2) is 0 Å². The lowest BCUT2D eigenvalue weighted by atomic mass is 10.1. The number of hydrogen-bond donors (Lipinski definition) is 0. The molecule has 0 fully saturated rings. The highest BCUT2D eigenvalue weighted by Gasteiger charge is 2.11. The van der Waals surface area contributed by atoms with Crippen molar-refractivity contribution in [2.45, 2.75) is 0 Å². The summed E-state index contributed by atoms with van der Waals surface area (Å²) in [6, 6.07) is 9.99. The summed E-state index contributed by atoms with van der Waals surface area (Å²) in [5.41, 5.74) is 2.98. The zero-order chi connectivity index (χ0) is 12.5. The molecule has 0 aliphatic carbocycles. The Balaban J connectivity index is 2.31. The molecule has 0 saturated carbocycles. The Labute approximate surface area is 105 Å². The Morgan fingerprint density at radius 1 is 1.17 bits per heavy atom. The lowest BCUT2D eigenvalue weighted by Crippen LogP contribution is -1.96. The molecule has 0 spiro atoms. The first-order chi connectivity index (χ1) is 8.79. The first-order valence-corrected chi connectivity index (χ1v) is 5.71. The fraction of sp³-hybridized carbons (Fsp3) is 0.143. The van der Waals surface area contributed by atoms with Crippen LogP contribution in [0.15, 0.2) is 42.7 Å². The predicted octanol–water partition coefficient (Wildman–Crippen LogP) is 2.64. The molecule has 4 heteroatoms. The highest BCUT2D eigenvalue weighted by atomic mass is 16.5. The summed E-state index contributed by atoms with van der Waals surface area (Å²) in [5.74, 6) is 0.810. The van der Waals surface area contributed by atoms with Crippen molar-refractivity contribution in [2.24, 2.45) is 7.05 Å². The summed E-state index contributed by atoms with van der Waals surface area (Å²) < 4.78 is 7.28. The van der Waals surface area contributed by atoms with Gasteiger partial charge in [0.15, 0.2) is 0 Å². The number of rotatable bonds is 2. The molecular formula is C14H13N3O. The zero-order valence-electron chi connectivity index (χ0n) is 10.3. The molecule has 0 bridgehead atoms. The molecule has 0 unspecified atom stereocenters. The predicted molar refractivity (Wildman–Crippen MR) is 70.5 cm³/mol. The van der Waals surface area contributed by atoms with Crippen LogP contribution in [-0.4, -0.2) is 21.9 Å². The molecule has 18 heavy (non-hydrogen) atoms. The minimum atomic E-state index is 0.810. The van der Waals surface area contributed by atoms with Crippen molar-refractivity contribution >= 4 is 10.9 Å². The van der Waals surface area contributed by atoms with Crippen molar-refractivity contribution in [2.75, 3.05) is 7.11 Å². The van der Waals surface area contributed by atoms with Gasteiger partial charge in [0.05, 0.1) is 18.3 Å². The van der Waals surface area contributed by atoms with E-state index in [0.29, 0.717) is 0 Å². The van der Waals surface area contributed by atoms with Gasteiger partial charge in [-0.15, -0.1) is 0 Å². The van der Waals surface area contributed by atoms with Crippen LogP contribution >= 0.6 is 0 Å². The number of aryl methyl sites for hydroxylation is 1. The van der Waals surface area contributed by atoms with Crippen LogP contribution in [0.4, 0.5) is 0 Å². The van der Waals surface area contributed by atoms with Crippen LogP contribution in [0.3, 0.4) is 0 Å². The van der Waals surface area contributed by atoms with E-state index in [-0.39, 0.29) is 0 Å². The molecule has 90 valence electrons. The third-order valence-corrected chi connectivity index (χ3v) is 3.02. The summed E-state index contributed by atoms with van der Waals surface area (Å²) in [7, 11) is 3.59. The summed E-state index contributed by atoms with van der Waals surface area (Å²) in [4.78, 5) is 4.33. The molecule has 0 N–H and O–H groups in total. The Hall–Kier alpha value is -2.36. The van der Waals surface area contributed by atoms with Crippen molar-refractivity contribution in [1.82, 2.24) is 14.8 Å². The van der Waals surface area contributed by atoms with Gasteiger partial charge in [-0.3, -0.25) is 9.67 Å². The summed E-state index contributed by atoms with van der Waals surface area (Å²) >= 11 is 0. The van der Waals surface area contributed by atoms with E-state index in [1.54, 1.807) is 19.5 Å². The maximum atomic E-state index is 5.45. The van der Waals surface area contributed by atoms with Crippen molar-refractivity contribution in [1.29, 1.82) is 0 Å². The van der Waals surface area contributed by atoms with Gasteiger partial charge in [-0.2, -0.15) is 5.10 Å². The molecule has 0 atom stereocenters. The second-order valence-corrected chi connectivity index (χ2v) is 4.09. The molecule has 2 aromatic heterocycles. The molecule has 0 amide bonds. The lowest BCUT2D eigenvalue weighted by molar-refractivity contribution is 0.416. The number of nitrogens with zero attached hydrogens (tertiary/aromatic N) is 3. The van der Waals surface area contributed by atoms with Crippen LogP contribution in [-0.2, 0) is 7.05 Å². The Morgan fingerprint density at radius 2 is 2.06 bits per heavy atom. The van der Waals surface area contributed by atoms with E-state index in [9.17, 15) is 0 Å². The minimum Gasteiger partial charge on any atom is -0.496 e. The number of hydrogen-bond acceptors (Lipinski definition) is 3. The maximum Gasteiger partial charge on any atom is 0.130 e. The monoisotopic (exact) mass is 239 g/mol. The smallest absolute Gasteiger partial charge is 0.130 e. The fourth-order valence-electron chi connectivity index (χ4n) is 2.11. The van der Waals surface area contributed by atoms with E-state index in [1.165, 1.54) is 0 Å². The van der Waals surface area contributed by atoms with E-state index in [1.807, 2.05) is 36.0 Å². The van der Waals surface area contributed by atoms with E-state index >= 15 is 0 Å². The van der Waals surface area contributed by atoms with Crippen molar-refractivity contribution < 1.29 is 4.74 Å². The van der Waals surface area contributed by atoms with Gasteiger partial charge in [-0.05, 0) is 18.2 Å². The van der Waals surface area contributed by atoms with E-state index in [4.69, 9.17) is 4.74 Å². The molecule has 1 aromatic carbocycles. The van der Waals surface area contributed by atoms with Gasteiger partial charge in [-0.1, -0.05) is 6.07 Å². The van der Waals surface area contributed by atoms with E-state index in [2.05, 4.69) is 16.1 Å². The van der Waals surface area contributed by atoms with Crippen LogP contribution < -0.4 is 4.74 Å². The van der Waals surface area contributed by atoms with Crippen LogP contribution in [0.25, 0.3) is 22.2 Å². The van der Waals surface area contributed by atoms with Gasteiger partial charge in [0.2, 0.25) is 0 Å². The van der Waals surface area contributed by atoms with E-state index < -0.39 is 0 Å². The number of benzene rings is 1. The van der Waals surface area contributed by atoms with Crippen LogP contribution in [0.2, 0.25) is 0 Å². The number of pyridine rings is 1. The molecule has 3 aromatic rings. The minimum absolute atomic E-state index is 0.810. The SMILES string of the molecule is COc1cc2ncccc2cc1-c1ccnn1C. The maximum absolute atomic E-state index is 5.45. The number of aromatic nitrogens is 3. The molecule has 0 aliphatic heterocycles. The average molecular weight is 239 g/mol. The average Bonchev–Trinajstić information content (AvgIpc) is 2.83. The van der Waals surface area contributed by atoms with Gasteiger partial charge >= 0.3 is 0 Å². The Bertz CT molecular complexity index is 703. The quantitative estimate of drug-likeness (QED) is 0.690. The standard InChI is InChI=1S/C14H13N3O/c1-17-13(5-7-16-17)11-8-10-4-3-6-15-12(10)9-14(11)18-2/h3-9H,1-2H3. The topological polar surface area (TPSA) is 39.9 Å². The van der Waals surface area contributed by atoms with Gasteiger partial charge in [0.1, 0.15) is 5.75 Å². The third-order valence-electron chi connectivity index (χ3n) is 3.02. The molecule has 2 heterocycles. The molecule has 3 rings (SSSR count). The van der Waals surface area contributed by atoms with Gasteiger partial charge < -0.3 is 4.74 Å². The zero-order valence-corrected chi connectivity index (χ0v) is 10.3. The van der Waals surface area contributed by atoms with Crippen molar-refractivity contribution in [3.8, 4) is 17.0 Å². The number of fused-ring (bicyclic) bond motifs is 1. The molecule has 0 radical (unpaired) electrons. The molecular weight excluding hydrogens is 226 g/mol. The highest BCUT2D eigenvalue weighted by Crippen LogP contribution is 2.32. The summed E-state index contributed by atoms with van der Waals surface area (Å²) in [5, 5.41) is 5.29. The number of ether oxygens (including phenoxy) is 1. The first-order valence-electron chi connectivity index (χ1n) is 5.71. The second kappa shape index (κ2) is 4.14.